The minimum Gasteiger partial charge on any atom is -0.399 e. The molecule has 0 radical (unpaired) electrons. The van der Waals surface area contributed by atoms with E-state index in [1.165, 1.54) is 0 Å². The molecule has 4 N–H and O–H groups in total. The smallest absolute Gasteiger partial charge is 0.399 e. The van der Waals surface area contributed by atoms with Gasteiger partial charge in [-0.25, -0.2) is 0 Å². The summed E-state index contributed by atoms with van der Waals surface area (Å²) < 4.78 is 116. The van der Waals surface area contributed by atoms with Crippen molar-refractivity contribution >= 4 is 5.69 Å². The van der Waals surface area contributed by atoms with Crippen LogP contribution in [0.2, 0.25) is 0 Å². The van der Waals surface area contributed by atoms with Crippen LogP contribution in [-0.2, 0) is 24.9 Å². The van der Waals surface area contributed by atoms with Crippen molar-refractivity contribution in [1.29, 1.82) is 0 Å². The first-order chi connectivity index (χ1) is 12.6. The molecule has 154 valence electrons. The lowest BCUT2D eigenvalue weighted by molar-refractivity contribution is -0.143. The average Bonchev–Trinajstić information content (AvgIpc) is 2.53. The molecule has 1 unspecified atom stereocenters. The van der Waals surface area contributed by atoms with Crippen molar-refractivity contribution in [3.8, 4) is 0 Å². The average molecular weight is 416 g/mol. The number of anilines is 1. The molecule has 2 rings (SSSR count). The zero-order valence-electron chi connectivity index (χ0n) is 13.8. The van der Waals surface area contributed by atoms with E-state index in [2.05, 4.69) is 0 Å². The Labute approximate surface area is 152 Å². The van der Waals surface area contributed by atoms with Gasteiger partial charge in [-0.1, -0.05) is 0 Å². The van der Waals surface area contributed by atoms with Crippen molar-refractivity contribution in [2.24, 2.45) is 5.73 Å². The summed E-state index contributed by atoms with van der Waals surface area (Å²) in [5, 5.41) is 0. The molecule has 0 bridgehead atoms. The predicted octanol–water partition coefficient (Wildman–Crippen LogP) is 5.57. The van der Waals surface area contributed by atoms with E-state index in [1.807, 2.05) is 0 Å². The molecule has 0 heterocycles. The van der Waals surface area contributed by atoms with E-state index in [-0.39, 0.29) is 17.3 Å². The van der Waals surface area contributed by atoms with Crippen LogP contribution >= 0.6 is 0 Å². The summed E-state index contributed by atoms with van der Waals surface area (Å²) >= 11 is 0. The summed E-state index contributed by atoms with van der Waals surface area (Å²) in [6.07, 6.45) is -15.3. The standard InChI is InChI=1S/C17H13F9N2/c18-15(19,20)10-1-2-13(27)9(3-10)6-14(28)8-4-11(16(21,22)23)7-12(5-8)17(24,25)26/h1-5,7,14H,6,27-28H2. The molecule has 1 atom stereocenters. The van der Waals surface area contributed by atoms with Crippen LogP contribution in [0.3, 0.4) is 0 Å². The molecular formula is C17H13F9N2. The molecule has 0 aliphatic rings. The Morgan fingerprint density at radius 2 is 1.14 bits per heavy atom. The first-order valence-corrected chi connectivity index (χ1v) is 7.59. The van der Waals surface area contributed by atoms with E-state index < -0.39 is 53.2 Å². The second kappa shape index (κ2) is 7.19. The second-order valence-electron chi connectivity index (χ2n) is 6.06. The fraction of sp³-hybridized carbons (Fsp3) is 0.294. The molecule has 0 amide bonds. The van der Waals surface area contributed by atoms with Gasteiger partial charge in [-0.15, -0.1) is 0 Å². The number of hydrogen-bond acceptors (Lipinski definition) is 2. The Kier molecular flexibility index (Phi) is 5.61. The minimum atomic E-state index is -5.06. The van der Waals surface area contributed by atoms with E-state index in [9.17, 15) is 39.5 Å². The highest BCUT2D eigenvalue weighted by Gasteiger charge is 2.37. The van der Waals surface area contributed by atoms with Crippen molar-refractivity contribution in [3.63, 3.8) is 0 Å². The van der Waals surface area contributed by atoms with Gasteiger partial charge in [-0.2, -0.15) is 39.5 Å². The number of halogens is 9. The van der Waals surface area contributed by atoms with Gasteiger partial charge < -0.3 is 11.5 Å². The minimum absolute atomic E-state index is 0.0607. The number of nitrogens with two attached hydrogens (primary N) is 2. The normalized spacial score (nSPS) is 14.2. The molecule has 11 heteroatoms. The Morgan fingerprint density at radius 3 is 1.57 bits per heavy atom. The lowest BCUT2D eigenvalue weighted by Crippen LogP contribution is -2.18. The second-order valence-corrected chi connectivity index (χ2v) is 6.06. The summed E-state index contributed by atoms with van der Waals surface area (Å²) in [5.74, 6) is 0. The number of hydrogen-bond donors (Lipinski definition) is 2. The monoisotopic (exact) mass is 416 g/mol. The summed E-state index contributed by atoms with van der Waals surface area (Å²) in [6, 6.07) is 1.67. The van der Waals surface area contributed by atoms with Crippen LogP contribution in [0.25, 0.3) is 0 Å². The number of rotatable bonds is 3. The quantitative estimate of drug-likeness (QED) is 0.508. The number of alkyl halides is 9. The lowest BCUT2D eigenvalue weighted by atomic mass is 9.94. The molecule has 2 aromatic carbocycles. The van der Waals surface area contributed by atoms with Gasteiger partial charge >= 0.3 is 18.5 Å². The maximum absolute atomic E-state index is 12.9. The van der Waals surface area contributed by atoms with Crippen LogP contribution < -0.4 is 11.5 Å². The highest BCUT2D eigenvalue weighted by Crippen LogP contribution is 2.38. The van der Waals surface area contributed by atoms with Gasteiger partial charge in [0.2, 0.25) is 0 Å². The fourth-order valence-electron chi connectivity index (χ4n) is 2.51. The van der Waals surface area contributed by atoms with Crippen molar-refractivity contribution in [2.45, 2.75) is 31.0 Å². The third kappa shape index (κ3) is 5.09. The Morgan fingerprint density at radius 1 is 0.679 bits per heavy atom. The SMILES string of the molecule is Nc1ccc(C(F)(F)F)cc1CC(N)c1cc(C(F)(F)F)cc(C(F)(F)F)c1. The molecule has 0 aromatic heterocycles. The molecule has 0 fully saturated rings. The molecule has 2 aromatic rings. The molecule has 0 saturated heterocycles. The molecule has 2 nitrogen and oxygen atoms in total. The van der Waals surface area contributed by atoms with Crippen LogP contribution in [-0.4, -0.2) is 0 Å². The Bertz CT molecular complexity index is 819. The van der Waals surface area contributed by atoms with Crippen LogP contribution in [0.5, 0.6) is 0 Å². The summed E-state index contributed by atoms with van der Waals surface area (Å²) in [5.41, 5.74) is 6.29. The number of nitrogen functional groups attached to an aromatic ring is 1. The fourth-order valence-corrected chi connectivity index (χ4v) is 2.51. The van der Waals surface area contributed by atoms with Gasteiger partial charge in [-0.3, -0.25) is 0 Å². The lowest BCUT2D eigenvalue weighted by Gasteiger charge is -2.19. The van der Waals surface area contributed by atoms with Crippen molar-refractivity contribution in [2.75, 3.05) is 5.73 Å². The molecule has 28 heavy (non-hydrogen) atoms. The zero-order valence-corrected chi connectivity index (χ0v) is 13.8. The maximum Gasteiger partial charge on any atom is 0.416 e. The van der Waals surface area contributed by atoms with Gasteiger partial charge in [0.25, 0.3) is 0 Å². The molecule has 0 aliphatic heterocycles. The first-order valence-electron chi connectivity index (χ1n) is 7.59. The molecular weight excluding hydrogens is 403 g/mol. The van der Waals surface area contributed by atoms with E-state index in [0.717, 1.165) is 6.07 Å². The number of benzene rings is 2. The third-order valence-corrected chi connectivity index (χ3v) is 3.95. The van der Waals surface area contributed by atoms with E-state index in [1.54, 1.807) is 0 Å². The maximum atomic E-state index is 12.9. The summed E-state index contributed by atoms with van der Waals surface area (Å²) in [7, 11) is 0. The van der Waals surface area contributed by atoms with E-state index >= 15 is 0 Å². The van der Waals surface area contributed by atoms with Gasteiger partial charge in [-0.05, 0) is 53.9 Å². The summed E-state index contributed by atoms with van der Waals surface area (Å²) in [4.78, 5) is 0. The van der Waals surface area contributed by atoms with Crippen LogP contribution in [0.4, 0.5) is 45.2 Å². The molecule has 0 spiro atoms. The largest absolute Gasteiger partial charge is 0.416 e. The summed E-state index contributed by atoms with van der Waals surface area (Å²) in [6.45, 7) is 0. The third-order valence-electron chi connectivity index (χ3n) is 3.95. The van der Waals surface area contributed by atoms with Crippen molar-refractivity contribution < 1.29 is 39.5 Å². The topological polar surface area (TPSA) is 52.0 Å². The van der Waals surface area contributed by atoms with E-state index in [0.29, 0.717) is 24.3 Å². The van der Waals surface area contributed by atoms with Gasteiger partial charge in [0, 0.05) is 11.7 Å². The molecule has 0 saturated carbocycles. The van der Waals surface area contributed by atoms with E-state index in [4.69, 9.17) is 11.5 Å². The predicted molar refractivity (Wildman–Crippen MR) is 82.9 cm³/mol. The van der Waals surface area contributed by atoms with Crippen LogP contribution in [0, 0.1) is 0 Å². The van der Waals surface area contributed by atoms with Crippen molar-refractivity contribution in [3.05, 3.63) is 64.2 Å². The van der Waals surface area contributed by atoms with Crippen LogP contribution in [0.1, 0.15) is 33.9 Å². The Hall–Kier alpha value is -2.43. The van der Waals surface area contributed by atoms with Crippen molar-refractivity contribution in [1.82, 2.24) is 0 Å². The van der Waals surface area contributed by atoms with Gasteiger partial charge in [0.15, 0.2) is 0 Å². The molecule has 0 aliphatic carbocycles. The van der Waals surface area contributed by atoms with Crippen LogP contribution in [0.15, 0.2) is 36.4 Å². The Balaban J connectivity index is 2.46. The first kappa shape index (κ1) is 21.9. The highest BCUT2D eigenvalue weighted by atomic mass is 19.4. The zero-order chi connectivity index (χ0) is 21.5. The van der Waals surface area contributed by atoms with Gasteiger partial charge in [0.05, 0.1) is 16.7 Å². The highest BCUT2D eigenvalue weighted by molar-refractivity contribution is 5.50. The van der Waals surface area contributed by atoms with Gasteiger partial charge in [0.1, 0.15) is 0 Å².